The van der Waals surface area contributed by atoms with Crippen LogP contribution in [0.1, 0.15) is 42.6 Å². The highest BCUT2D eigenvalue weighted by atomic mass is 35.5. The van der Waals surface area contributed by atoms with Crippen LogP contribution in [0.4, 0.5) is 11.6 Å². The SMILES string of the molecule is O=C(NC1CCCCC1)c1ccnc(Nc2c(Cl)cccc2Cl)n1. The fraction of sp³-hybridized carbons (Fsp3) is 0.353. The van der Waals surface area contributed by atoms with Crippen LogP contribution in [0.5, 0.6) is 0 Å². The van der Waals surface area contributed by atoms with Gasteiger partial charge < -0.3 is 10.6 Å². The van der Waals surface area contributed by atoms with Crippen LogP contribution in [-0.4, -0.2) is 21.9 Å². The van der Waals surface area contributed by atoms with Crippen molar-refractivity contribution >= 4 is 40.7 Å². The Morgan fingerprint density at radius 2 is 1.79 bits per heavy atom. The molecule has 2 aromatic rings. The van der Waals surface area contributed by atoms with Crippen molar-refractivity contribution in [1.29, 1.82) is 0 Å². The van der Waals surface area contributed by atoms with E-state index in [0.717, 1.165) is 25.7 Å². The van der Waals surface area contributed by atoms with Gasteiger partial charge in [0.25, 0.3) is 5.91 Å². The number of aromatic nitrogens is 2. The van der Waals surface area contributed by atoms with E-state index in [1.807, 2.05) is 0 Å². The quantitative estimate of drug-likeness (QED) is 0.832. The van der Waals surface area contributed by atoms with Crippen LogP contribution in [0.25, 0.3) is 0 Å². The molecule has 3 rings (SSSR count). The summed E-state index contributed by atoms with van der Waals surface area (Å²) in [7, 11) is 0. The average molecular weight is 365 g/mol. The van der Waals surface area contributed by atoms with Gasteiger partial charge in [-0.05, 0) is 31.0 Å². The normalized spacial score (nSPS) is 15.1. The molecular weight excluding hydrogens is 347 g/mol. The van der Waals surface area contributed by atoms with E-state index < -0.39 is 0 Å². The molecule has 0 saturated heterocycles. The molecule has 0 bridgehead atoms. The number of hydrogen-bond donors (Lipinski definition) is 2. The fourth-order valence-electron chi connectivity index (χ4n) is 2.78. The predicted octanol–water partition coefficient (Wildman–Crippen LogP) is 4.59. The van der Waals surface area contributed by atoms with E-state index in [1.165, 1.54) is 12.6 Å². The number of hydrogen-bond acceptors (Lipinski definition) is 4. The van der Waals surface area contributed by atoms with Crippen molar-refractivity contribution in [2.45, 2.75) is 38.1 Å². The lowest BCUT2D eigenvalue weighted by molar-refractivity contribution is 0.0922. The van der Waals surface area contributed by atoms with Gasteiger partial charge in [-0.25, -0.2) is 9.97 Å². The van der Waals surface area contributed by atoms with E-state index >= 15 is 0 Å². The number of anilines is 2. The molecule has 24 heavy (non-hydrogen) atoms. The maximum absolute atomic E-state index is 12.4. The van der Waals surface area contributed by atoms with Crippen LogP contribution in [0, 0.1) is 0 Å². The number of para-hydroxylation sites is 1. The number of halogens is 2. The molecule has 5 nitrogen and oxygen atoms in total. The van der Waals surface area contributed by atoms with Crippen molar-refractivity contribution in [1.82, 2.24) is 15.3 Å². The van der Waals surface area contributed by atoms with Gasteiger partial charge >= 0.3 is 0 Å². The molecule has 1 aliphatic carbocycles. The zero-order valence-electron chi connectivity index (χ0n) is 13.1. The van der Waals surface area contributed by atoms with Crippen molar-refractivity contribution in [2.75, 3.05) is 5.32 Å². The third-order valence-corrected chi connectivity index (χ3v) is 4.66. The van der Waals surface area contributed by atoms with Gasteiger partial charge in [-0.3, -0.25) is 4.79 Å². The Morgan fingerprint density at radius 1 is 1.08 bits per heavy atom. The van der Waals surface area contributed by atoms with Crippen molar-refractivity contribution in [3.63, 3.8) is 0 Å². The number of amides is 1. The first kappa shape index (κ1) is 17.0. The molecule has 0 atom stereocenters. The second-order valence-corrected chi connectivity index (χ2v) is 6.61. The smallest absolute Gasteiger partial charge is 0.270 e. The lowest BCUT2D eigenvalue weighted by atomic mass is 9.95. The summed E-state index contributed by atoms with van der Waals surface area (Å²) in [4.78, 5) is 20.8. The molecule has 1 saturated carbocycles. The van der Waals surface area contributed by atoms with Crippen molar-refractivity contribution in [2.24, 2.45) is 0 Å². The molecule has 1 heterocycles. The Kier molecular flexibility index (Phi) is 5.53. The molecule has 2 N–H and O–H groups in total. The predicted molar refractivity (Wildman–Crippen MR) is 96.1 cm³/mol. The maximum atomic E-state index is 12.4. The first-order valence-electron chi connectivity index (χ1n) is 7.98. The van der Waals surface area contributed by atoms with Crippen LogP contribution >= 0.6 is 23.2 Å². The van der Waals surface area contributed by atoms with Gasteiger partial charge in [-0.1, -0.05) is 48.5 Å². The standard InChI is InChI=1S/C17H18Cl2N4O/c18-12-7-4-8-13(19)15(12)23-17-20-10-9-14(22-17)16(24)21-11-5-2-1-3-6-11/h4,7-11H,1-3,5-6H2,(H,21,24)(H,20,22,23). The summed E-state index contributed by atoms with van der Waals surface area (Å²) >= 11 is 12.3. The molecular formula is C17H18Cl2N4O. The zero-order valence-corrected chi connectivity index (χ0v) is 14.6. The van der Waals surface area contributed by atoms with Crippen molar-refractivity contribution < 1.29 is 4.79 Å². The fourth-order valence-corrected chi connectivity index (χ4v) is 3.27. The van der Waals surface area contributed by atoms with E-state index in [9.17, 15) is 4.79 Å². The Labute approximate surface area is 150 Å². The van der Waals surface area contributed by atoms with E-state index in [4.69, 9.17) is 23.2 Å². The molecule has 0 unspecified atom stereocenters. The van der Waals surface area contributed by atoms with Crippen LogP contribution in [0.2, 0.25) is 10.0 Å². The van der Waals surface area contributed by atoms with Crippen LogP contribution < -0.4 is 10.6 Å². The van der Waals surface area contributed by atoms with E-state index in [0.29, 0.717) is 21.4 Å². The maximum Gasteiger partial charge on any atom is 0.270 e. The highest BCUT2D eigenvalue weighted by Gasteiger charge is 2.18. The summed E-state index contributed by atoms with van der Waals surface area (Å²) in [5.74, 6) is 0.0962. The summed E-state index contributed by atoms with van der Waals surface area (Å²) in [6.07, 6.45) is 7.15. The summed E-state index contributed by atoms with van der Waals surface area (Å²) in [5.41, 5.74) is 0.840. The minimum atomic E-state index is -0.183. The number of benzene rings is 1. The van der Waals surface area contributed by atoms with Crippen molar-refractivity contribution in [3.8, 4) is 0 Å². The van der Waals surface area contributed by atoms with Gasteiger partial charge in [0, 0.05) is 12.2 Å². The molecule has 1 fully saturated rings. The van der Waals surface area contributed by atoms with E-state index in [2.05, 4.69) is 20.6 Å². The lowest BCUT2D eigenvalue weighted by Gasteiger charge is -2.22. The minimum absolute atomic E-state index is 0.183. The summed E-state index contributed by atoms with van der Waals surface area (Å²) in [5, 5.41) is 6.94. The van der Waals surface area contributed by atoms with Crippen LogP contribution in [0.15, 0.2) is 30.5 Å². The van der Waals surface area contributed by atoms with Crippen molar-refractivity contribution in [3.05, 3.63) is 46.2 Å². The Bertz CT molecular complexity index is 712. The molecule has 0 radical (unpaired) electrons. The van der Waals surface area contributed by atoms with Gasteiger partial charge in [0.15, 0.2) is 0 Å². The largest absolute Gasteiger partial charge is 0.348 e. The molecule has 0 spiro atoms. The summed E-state index contributed by atoms with van der Waals surface area (Å²) < 4.78 is 0. The minimum Gasteiger partial charge on any atom is -0.348 e. The highest BCUT2D eigenvalue weighted by molar-refractivity contribution is 6.39. The van der Waals surface area contributed by atoms with Gasteiger partial charge in [-0.15, -0.1) is 0 Å². The third kappa shape index (κ3) is 4.16. The highest BCUT2D eigenvalue weighted by Crippen LogP contribution is 2.31. The molecule has 1 aliphatic rings. The first-order valence-corrected chi connectivity index (χ1v) is 8.74. The van der Waals surface area contributed by atoms with Gasteiger partial charge in [-0.2, -0.15) is 0 Å². The Morgan fingerprint density at radius 3 is 2.50 bits per heavy atom. The molecule has 126 valence electrons. The molecule has 7 heteroatoms. The average Bonchev–Trinajstić information content (AvgIpc) is 2.59. The molecule has 1 aromatic carbocycles. The van der Waals surface area contributed by atoms with E-state index in [-0.39, 0.29) is 17.9 Å². The second-order valence-electron chi connectivity index (χ2n) is 5.80. The lowest BCUT2D eigenvalue weighted by Crippen LogP contribution is -2.36. The topological polar surface area (TPSA) is 66.9 Å². The zero-order chi connectivity index (χ0) is 16.9. The third-order valence-electron chi connectivity index (χ3n) is 4.03. The molecule has 0 aliphatic heterocycles. The Hall–Kier alpha value is -1.85. The van der Waals surface area contributed by atoms with Crippen LogP contribution in [-0.2, 0) is 0 Å². The van der Waals surface area contributed by atoms with Gasteiger partial charge in [0.05, 0.1) is 15.7 Å². The van der Waals surface area contributed by atoms with Crippen LogP contribution in [0.3, 0.4) is 0 Å². The Balaban J connectivity index is 1.73. The van der Waals surface area contributed by atoms with E-state index in [1.54, 1.807) is 24.3 Å². The summed E-state index contributed by atoms with van der Waals surface area (Å²) in [6.45, 7) is 0. The van der Waals surface area contributed by atoms with Gasteiger partial charge in [0.1, 0.15) is 5.69 Å². The second kappa shape index (κ2) is 7.81. The first-order chi connectivity index (χ1) is 11.6. The number of rotatable bonds is 4. The summed E-state index contributed by atoms with van der Waals surface area (Å²) in [6, 6.07) is 7.02. The molecule has 1 amide bonds. The molecule has 1 aromatic heterocycles. The van der Waals surface area contributed by atoms with Gasteiger partial charge in [0.2, 0.25) is 5.95 Å². The number of carbonyl (C=O) groups is 1. The number of nitrogens with one attached hydrogen (secondary N) is 2. The number of nitrogens with zero attached hydrogens (tertiary/aromatic N) is 2. The monoisotopic (exact) mass is 364 g/mol. The number of carbonyl (C=O) groups excluding carboxylic acids is 1.